The lowest BCUT2D eigenvalue weighted by molar-refractivity contribution is -0.147. The molecule has 2 aliphatic heterocycles. The van der Waals surface area contributed by atoms with Crippen LogP contribution in [0.2, 0.25) is 0 Å². The van der Waals surface area contributed by atoms with E-state index >= 15 is 0 Å². The van der Waals surface area contributed by atoms with E-state index in [4.69, 9.17) is 29.4 Å². The molecule has 2 aliphatic rings. The van der Waals surface area contributed by atoms with Gasteiger partial charge in [0.05, 0.1) is 20.3 Å². The van der Waals surface area contributed by atoms with Crippen LogP contribution < -0.4 is 10.6 Å². The van der Waals surface area contributed by atoms with Crippen molar-refractivity contribution < 1.29 is 42.9 Å². The van der Waals surface area contributed by atoms with Crippen molar-refractivity contribution in [3.63, 3.8) is 0 Å². The molecule has 3 rings (SSSR count). The number of fused-ring (bicyclic) bond motifs is 2. The minimum Gasteiger partial charge on any atom is -0.468 e. The molecule has 34 heavy (non-hydrogen) atoms. The Labute approximate surface area is 196 Å². The second-order valence-electron chi connectivity index (χ2n) is 7.36. The van der Waals surface area contributed by atoms with Gasteiger partial charge in [0, 0.05) is 18.4 Å². The Kier molecular flexibility index (Phi) is 7.26. The highest BCUT2D eigenvalue weighted by Crippen LogP contribution is 2.54. The summed E-state index contributed by atoms with van der Waals surface area (Å²) in [6.07, 6.45) is 0. The molecule has 0 bridgehead atoms. The lowest BCUT2D eigenvalue weighted by atomic mass is 9.66. The molecule has 0 aliphatic carbocycles. The van der Waals surface area contributed by atoms with Crippen LogP contribution in [0.3, 0.4) is 0 Å². The SMILES string of the molecule is CCOC(=O)C1=C(N)N(CC(=O)OC)c2ccccc2[C@@]12C(=O)OC(C)=C2C(=O)OCCOC. The lowest BCUT2D eigenvalue weighted by Crippen LogP contribution is -2.51. The number of carbonyl (C=O) groups excluding carboxylic acids is 4. The number of methoxy groups -OCH3 is 2. The highest BCUT2D eigenvalue weighted by molar-refractivity contribution is 6.16. The van der Waals surface area contributed by atoms with Crippen LogP contribution in [-0.4, -0.2) is 64.5 Å². The van der Waals surface area contributed by atoms with Gasteiger partial charge in [0.15, 0.2) is 5.41 Å². The summed E-state index contributed by atoms with van der Waals surface area (Å²) in [5, 5.41) is 0. The molecule has 11 heteroatoms. The van der Waals surface area contributed by atoms with Crippen molar-refractivity contribution in [1.82, 2.24) is 0 Å². The fourth-order valence-electron chi connectivity index (χ4n) is 4.13. The number of allylic oxidation sites excluding steroid dienone is 1. The number of hydrogen-bond acceptors (Lipinski definition) is 11. The minimum absolute atomic E-state index is 0.0320. The Morgan fingerprint density at radius 2 is 1.74 bits per heavy atom. The summed E-state index contributed by atoms with van der Waals surface area (Å²) < 4.78 is 25.6. The molecule has 1 aromatic carbocycles. The number of nitrogens with zero attached hydrogens (tertiary/aromatic N) is 1. The Balaban J connectivity index is 2.34. The van der Waals surface area contributed by atoms with Crippen molar-refractivity contribution in [3.05, 3.63) is 52.6 Å². The molecule has 1 atom stereocenters. The zero-order valence-corrected chi connectivity index (χ0v) is 19.3. The maximum atomic E-state index is 13.5. The Morgan fingerprint density at radius 1 is 1.06 bits per heavy atom. The van der Waals surface area contributed by atoms with Crippen molar-refractivity contribution in [2.45, 2.75) is 19.3 Å². The number of esters is 4. The fourth-order valence-corrected chi connectivity index (χ4v) is 4.13. The van der Waals surface area contributed by atoms with E-state index in [0.29, 0.717) is 5.69 Å². The number of rotatable bonds is 8. The molecule has 11 nitrogen and oxygen atoms in total. The second-order valence-corrected chi connectivity index (χ2v) is 7.36. The zero-order chi connectivity index (χ0) is 25.0. The third-order valence-electron chi connectivity index (χ3n) is 5.52. The number of anilines is 1. The molecule has 2 N–H and O–H groups in total. The highest BCUT2D eigenvalue weighted by atomic mass is 16.6. The molecule has 0 saturated carbocycles. The van der Waals surface area contributed by atoms with Crippen LogP contribution in [0.15, 0.2) is 47.0 Å². The zero-order valence-electron chi connectivity index (χ0n) is 19.3. The third-order valence-corrected chi connectivity index (χ3v) is 5.52. The van der Waals surface area contributed by atoms with Crippen LogP contribution in [0, 0.1) is 0 Å². The molecule has 2 heterocycles. The van der Waals surface area contributed by atoms with Crippen molar-refractivity contribution in [1.29, 1.82) is 0 Å². The number of nitrogens with two attached hydrogens (primary N) is 1. The lowest BCUT2D eigenvalue weighted by Gasteiger charge is -2.40. The van der Waals surface area contributed by atoms with Gasteiger partial charge in [-0.15, -0.1) is 0 Å². The normalized spacial score (nSPS) is 19.2. The van der Waals surface area contributed by atoms with Gasteiger partial charge in [-0.2, -0.15) is 0 Å². The van der Waals surface area contributed by atoms with Crippen LogP contribution in [0.25, 0.3) is 0 Å². The molecular formula is C23H26N2O9. The first kappa shape index (κ1) is 24.8. The minimum atomic E-state index is -2.06. The van der Waals surface area contributed by atoms with Gasteiger partial charge in [-0.05, 0) is 19.9 Å². The van der Waals surface area contributed by atoms with Gasteiger partial charge in [0.1, 0.15) is 35.9 Å². The summed E-state index contributed by atoms with van der Waals surface area (Å²) in [6, 6.07) is 6.43. The summed E-state index contributed by atoms with van der Waals surface area (Å²) in [4.78, 5) is 53.5. The summed E-state index contributed by atoms with van der Waals surface area (Å²) >= 11 is 0. The van der Waals surface area contributed by atoms with Gasteiger partial charge in [-0.3, -0.25) is 4.79 Å². The van der Waals surface area contributed by atoms with Crippen molar-refractivity contribution in [2.24, 2.45) is 5.73 Å². The number of para-hydroxylation sites is 1. The van der Waals surface area contributed by atoms with E-state index in [1.54, 1.807) is 31.2 Å². The fraction of sp³-hybridized carbons (Fsp3) is 0.391. The van der Waals surface area contributed by atoms with Gasteiger partial charge in [-0.1, -0.05) is 18.2 Å². The van der Waals surface area contributed by atoms with E-state index in [-0.39, 0.29) is 54.7 Å². The van der Waals surface area contributed by atoms with Crippen molar-refractivity contribution in [2.75, 3.05) is 45.5 Å². The number of hydrogen-bond donors (Lipinski definition) is 1. The molecule has 0 radical (unpaired) electrons. The van der Waals surface area contributed by atoms with Gasteiger partial charge < -0.3 is 34.3 Å². The maximum Gasteiger partial charge on any atom is 0.339 e. The molecule has 0 saturated heterocycles. The van der Waals surface area contributed by atoms with E-state index < -0.39 is 29.3 Å². The van der Waals surface area contributed by atoms with Crippen LogP contribution in [0.5, 0.6) is 0 Å². The topological polar surface area (TPSA) is 144 Å². The number of benzene rings is 1. The first-order valence-electron chi connectivity index (χ1n) is 10.5. The van der Waals surface area contributed by atoms with Crippen LogP contribution in [0.4, 0.5) is 5.69 Å². The van der Waals surface area contributed by atoms with E-state index in [1.165, 1.54) is 26.0 Å². The predicted molar refractivity (Wildman–Crippen MR) is 117 cm³/mol. The van der Waals surface area contributed by atoms with Crippen LogP contribution in [0.1, 0.15) is 19.4 Å². The molecular weight excluding hydrogens is 448 g/mol. The van der Waals surface area contributed by atoms with Crippen LogP contribution in [-0.2, 0) is 48.3 Å². The second kappa shape index (κ2) is 9.96. The van der Waals surface area contributed by atoms with Crippen LogP contribution >= 0.6 is 0 Å². The standard InChI is InChI=1S/C23H26N2O9/c1-5-32-21(28)18-19(24)25(12-16(26)31-4)15-9-7-6-8-14(15)23(18)17(13(2)34-22(23)29)20(27)33-11-10-30-3/h6-9H,5,10-12,24H2,1-4H3/t23-/m0/s1. The van der Waals surface area contributed by atoms with E-state index in [9.17, 15) is 19.2 Å². The number of cyclic esters (lactones) is 1. The molecule has 1 spiro atoms. The molecule has 1 aromatic rings. The van der Waals surface area contributed by atoms with Gasteiger partial charge in [0.2, 0.25) is 0 Å². The Morgan fingerprint density at radius 3 is 2.38 bits per heavy atom. The highest BCUT2D eigenvalue weighted by Gasteiger charge is 2.63. The monoisotopic (exact) mass is 474 g/mol. The molecule has 0 amide bonds. The smallest absolute Gasteiger partial charge is 0.339 e. The Bertz CT molecular complexity index is 1090. The Hall–Kier alpha value is -3.86. The number of carbonyl (C=O) groups is 4. The van der Waals surface area contributed by atoms with Gasteiger partial charge in [-0.25, -0.2) is 14.4 Å². The summed E-state index contributed by atoms with van der Waals surface area (Å²) in [5.41, 5.74) is 4.32. The third kappa shape index (κ3) is 3.87. The van der Waals surface area contributed by atoms with E-state index in [1.807, 2.05) is 0 Å². The largest absolute Gasteiger partial charge is 0.468 e. The van der Waals surface area contributed by atoms with E-state index in [2.05, 4.69) is 0 Å². The summed E-state index contributed by atoms with van der Waals surface area (Å²) in [6.45, 7) is 2.63. The average molecular weight is 474 g/mol. The van der Waals surface area contributed by atoms with Gasteiger partial charge in [0.25, 0.3) is 0 Å². The molecule has 182 valence electrons. The quantitative estimate of drug-likeness (QED) is 0.322. The maximum absolute atomic E-state index is 13.5. The average Bonchev–Trinajstić information content (AvgIpc) is 3.06. The molecule has 0 fully saturated rings. The predicted octanol–water partition coefficient (Wildman–Crippen LogP) is 0.671. The van der Waals surface area contributed by atoms with Crippen molar-refractivity contribution in [3.8, 4) is 0 Å². The number of ether oxygens (including phenoxy) is 5. The molecule has 0 unspecified atom stereocenters. The summed E-state index contributed by atoms with van der Waals surface area (Å²) in [5.74, 6) is -3.68. The van der Waals surface area contributed by atoms with Gasteiger partial charge >= 0.3 is 23.9 Å². The van der Waals surface area contributed by atoms with Crippen molar-refractivity contribution >= 4 is 29.6 Å². The summed E-state index contributed by atoms with van der Waals surface area (Å²) in [7, 11) is 2.65. The first-order valence-corrected chi connectivity index (χ1v) is 10.5. The first-order chi connectivity index (χ1) is 16.2. The molecule has 0 aromatic heterocycles. The van der Waals surface area contributed by atoms with E-state index in [0.717, 1.165) is 0 Å².